The fraction of sp³-hybridized carbons (Fsp3) is 0.324. The molecule has 4 heteroatoms. The minimum atomic E-state index is 0.273. The lowest BCUT2D eigenvalue weighted by atomic mass is 9.78. The number of aromatic nitrogens is 3. The number of pyridine rings is 3. The number of nitrogens with zero attached hydrogens (tertiary/aromatic N) is 3. The predicted octanol–water partition coefficient (Wildman–Crippen LogP) is 7.80. The summed E-state index contributed by atoms with van der Waals surface area (Å²) in [5.74, 6) is 1.94. The highest BCUT2D eigenvalue weighted by Gasteiger charge is 2.41. The van der Waals surface area contributed by atoms with Crippen LogP contribution in [0.5, 0.6) is 0 Å². The summed E-state index contributed by atoms with van der Waals surface area (Å²) in [6.07, 6.45) is 17.8. The molecule has 41 heavy (non-hydrogen) atoms. The molecule has 2 unspecified atom stereocenters. The van der Waals surface area contributed by atoms with Crippen molar-refractivity contribution in [2.45, 2.75) is 77.2 Å². The lowest BCUT2D eigenvalue weighted by molar-refractivity contribution is -0.718. The molecule has 0 saturated heterocycles. The van der Waals surface area contributed by atoms with Gasteiger partial charge in [0.1, 0.15) is 11.3 Å². The average Bonchev–Trinajstić information content (AvgIpc) is 3.37. The molecule has 0 saturated carbocycles. The van der Waals surface area contributed by atoms with E-state index in [0.717, 1.165) is 42.5 Å². The summed E-state index contributed by atoms with van der Waals surface area (Å²) in [6.45, 7) is 6.83. The number of aryl methyl sites for hydroxylation is 3. The molecule has 0 radical (unpaired) electrons. The minimum Gasteiger partial charge on any atom is -0.458 e. The highest BCUT2D eigenvalue weighted by Crippen LogP contribution is 2.44. The summed E-state index contributed by atoms with van der Waals surface area (Å²) >= 11 is 0. The fourth-order valence-corrected chi connectivity index (χ4v) is 7.78. The van der Waals surface area contributed by atoms with Gasteiger partial charge in [-0.05, 0) is 73.4 Å². The summed E-state index contributed by atoms with van der Waals surface area (Å²) in [4.78, 5) is 5.15. The van der Waals surface area contributed by atoms with Gasteiger partial charge in [-0.1, -0.05) is 32.0 Å². The van der Waals surface area contributed by atoms with E-state index in [9.17, 15) is 0 Å². The van der Waals surface area contributed by atoms with Crippen molar-refractivity contribution in [2.24, 2.45) is 0 Å². The van der Waals surface area contributed by atoms with Crippen molar-refractivity contribution in [3.05, 3.63) is 107 Å². The SMILES string of the molecule is Cc1c[n+]2c(cc1C(C)C)-c1c(cnc3c4c(oc13)CCCC4)CC1C(C/C=C/2)c2ccccc2-c2cccc[n+]21. The second kappa shape index (κ2) is 9.51. The fourth-order valence-electron chi connectivity index (χ4n) is 7.78. The van der Waals surface area contributed by atoms with Crippen LogP contribution in [0.25, 0.3) is 39.8 Å². The lowest BCUT2D eigenvalue weighted by Crippen LogP contribution is -2.48. The number of rotatable bonds is 1. The predicted molar refractivity (Wildman–Crippen MR) is 163 cm³/mol. The van der Waals surface area contributed by atoms with E-state index in [1.165, 1.54) is 63.2 Å². The Bertz CT molecular complexity index is 1860. The largest absolute Gasteiger partial charge is 0.458 e. The number of allylic oxidation sites excluding steroid dienone is 1. The summed E-state index contributed by atoms with van der Waals surface area (Å²) in [5, 5.41) is 0. The van der Waals surface area contributed by atoms with Gasteiger partial charge in [0.25, 0.3) is 0 Å². The first-order valence-electron chi connectivity index (χ1n) is 15.3. The maximum absolute atomic E-state index is 6.80. The molecule has 4 nitrogen and oxygen atoms in total. The van der Waals surface area contributed by atoms with Gasteiger partial charge >= 0.3 is 0 Å². The van der Waals surface area contributed by atoms with Gasteiger partial charge in [0.2, 0.25) is 11.4 Å². The summed E-state index contributed by atoms with van der Waals surface area (Å²) in [5.41, 5.74) is 13.8. The smallest absolute Gasteiger partial charge is 0.222 e. The average molecular weight is 540 g/mol. The van der Waals surface area contributed by atoms with Crippen LogP contribution >= 0.6 is 0 Å². The maximum atomic E-state index is 6.80. The molecule has 204 valence electrons. The van der Waals surface area contributed by atoms with Gasteiger partial charge in [0.05, 0.1) is 11.5 Å². The zero-order chi connectivity index (χ0) is 27.7. The number of fused-ring (bicyclic) bond motifs is 13. The molecule has 1 aromatic carbocycles. The second-order valence-corrected chi connectivity index (χ2v) is 12.5. The molecule has 2 atom stereocenters. The molecule has 4 aromatic heterocycles. The van der Waals surface area contributed by atoms with Crippen LogP contribution in [0.15, 0.2) is 77.6 Å². The summed E-state index contributed by atoms with van der Waals surface area (Å²) in [6, 6.07) is 18.3. The number of hydrogen-bond acceptors (Lipinski definition) is 2. The van der Waals surface area contributed by atoms with Crippen LogP contribution in [-0.4, -0.2) is 4.98 Å². The maximum Gasteiger partial charge on any atom is 0.222 e. The van der Waals surface area contributed by atoms with Gasteiger partial charge in [-0.3, -0.25) is 4.98 Å². The third kappa shape index (κ3) is 3.83. The Labute approximate surface area is 242 Å². The molecule has 6 heterocycles. The van der Waals surface area contributed by atoms with Gasteiger partial charge in [0.15, 0.2) is 30.2 Å². The van der Waals surface area contributed by atoms with Crippen molar-refractivity contribution in [1.82, 2.24) is 4.98 Å². The molecular formula is C37H37N3O+2. The third-order valence-electron chi connectivity index (χ3n) is 9.71. The van der Waals surface area contributed by atoms with Crippen LogP contribution in [-0.2, 0) is 19.3 Å². The number of hydrogen-bond donors (Lipinski definition) is 0. The van der Waals surface area contributed by atoms with E-state index >= 15 is 0 Å². The van der Waals surface area contributed by atoms with E-state index in [4.69, 9.17) is 9.40 Å². The molecule has 0 bridgehead atoms. The molecule has 0 fully saturated rings. The molecular weight excluding hydrogens is 502 g/mol. The first-order chi connectivity index (χ1) is 20.1. The Morgan fingerprint density at radius 1 is 1.00 bits per heavy atom. The highest BCUT2D eigenvalue weighted by molar-refractivity contribution is 5.93. The molecule has 5 aromatic rings. The monoisotopic (exact) mass is 539 g/mol. The second-order valence-electron chi connectivity index (χ2n) is 12.5. The number of furan rings is 1. The van der Waals surface area contributed by atoms with Gasteiger partial charge in [-0.15, -0.1) is 0 Å². The van der Waals surface area contributed by atoms with Crippen LogP contribution < -0.4 is 9.13 Å². The van der Waals surface area contributed by atoms with Crippen molar-refractivity contribution in [3.63, 3.8) is 0 Å². The quantitative estimate of drug-likeness (QED) is 0.204. The number of benzene rings is 1. The normalized spacial score (nSPS) is 19.9. The van der Waals surface area contributed by atoms with Gasteiger partial charge in [0, 0.05) is 53.9 Å². The Morgan fingerprint density at radius 2 is 1.85 bits per heavy atom. The van der Waals surface area contributed by atoms with Crippen molar-refractivity contribution in [3.8, 4) is 22.5 Å². The van der Waals surface area contributed by atoms with Crippen LogP contribution in [0, 0.1) is 6.92 Å². The van der Waals surface area contributed by atoms with Gasteiger partial charge in [-0.2, -0.15) is 9.13 Å². The van der Waals surface area contributed by atoms with Crippen LogP contribution in [0.3, 0.4) is 0 Å². The Morgan fingerprint density at radius 3 is 2.76 bits per heavy atom. The van der Waals surface area contributed by atoms with Crippen molar-refractivity contribution in [1.29, 1.82) is 0 Å². The lowest BCUT2D eigenvalue weighted by Gasteiger charge is -2.30. The van der Waals surface area contributed by atoms with Crippen LogP contribution in [0.2, 0.25) is 0 Å². The third-order valence-corrected chi connectivity index (χ3v) is 9.71. The molecule has 8 rings (SSSR count). The molecule has 3 aliphatic rings. The molecule has 0 spiro atoms. The molecule has 1 aliphatic carbocycles. The highest BCUT2D eigenvalue weighted by atomic mass is 16.3. The van der Waals surface area contributed by atoms with E-state index in [-0.39, 0.29) is 6.04 Å². The first kappa shape index (κ1) is 24.7. The van der Waals surface area contributed by atoms with E-state index in [0.29, 0.717) is 11.8 Å². The summed E-state index contributed by atoms with van der Waals surface area (Å²) < 4.78 is 11.7. The van der Waals surface area contributed by atoms with E-state index < -0.39 is 0 Å². The zero-order valence-corrected chi connectivity index (χ0v) is 24.2. The first-order valence-corrected chi connectivity index (χ1v) is 15.3. The van der Waals surface area contributed by atoms with Crippen molar-refractivity contribution < 1.29 is 13.6 Å². The topological polar surface area (TPSA) is 33.8 Å². The van der Waals surface area contributed by atoms with Crippen LogP contribution in [0.1, 0.15) is 84.6 Å². The van der Waals surface area contributed by atoms with Crippen LogP contribution in [0.4, 0.5) is 0 Å². The molecule has 0 amide bonds. The van der Waals surface area contributed by atoms with Gasteiger partial charge < -0.3 is 4.42 Å². The Kier molecular flexibility index (Phi) is 5.73. The van der Waals surface area contributed by atoms with Gasteiger partial charge in [-0.25, -0.2) is 0 Å². The van der Waals surface area contributed by atoms with E-state index in [2.05, 4.69) is 109 Å². The van der Waals surface area contributed by atoms with E-state index in [1.807, 2.05) is 0 Å². The molecule has 0 N–H and O–H groups in total. The summed E-state index contributed by atoms with van der Waals surface area (Å²) in [7, 11) is 0. The van der Waals surface area contributed by atoms with Crippen molar-refractivity contribution >= 4 is 17.3 Å². The minimum absolute atomic E-state index is 0.273. The Balaban J connectivity index is 1.43. The molecule has 2 aliphatic heterocycles. The zero-order valence-electron chi connectivity index (χ0n) is 24.2. The van der Waals surface area contributed by atoms with E-state index in [1.54, 1.807) is 0 Å². The van der Waals surface area contributed by atoms with Crippen molar-refractivity contribution in [2.75, 3.05) is 0 Å². The Hall–Kier alpha value is -4.05. The standard InChI is InChI=1S/C37H37N3O/c1-23(2)30-20-33-35-25(21-38-36-29-13-6-7-16-34(29)41-37(35)36)19-32-28(14-10-17-39(33)22-24(30)3)26-11-4-5-12-27(26)31-15-8-9-18-40(31)32/h4-5,8-12,15,17-18,20-23,28,32H,6-7,13-14,16,19H2,1-3H3/q+2/b17-10+.